The summed E-state index contributed by atoms with van der Waals surface area (Å²) in [7, 11) is 0. The highest BCUT2D eigenvalue weighted by Crippen LogP contribution is 2.30. The van der Waals surface area contributed by atoms with E-state index >= 15 is 0 Å². The molecule has 116 valence electrons. The highest BCUT2D eigenvalue weighted by Gasteiger charge is 2.40. The molecule has 1 aromatic heterocycles. The highest BCUT2D eigenvalue weighted by molar-refractivity contribution is 7.15. The second-order valence-electron chi connectivity index (χ2n) is 6.11. The van der Waals surface area contributed by atoms with Crippen molar-refractivity contribution in [1.82, 2.24) is 9.88 Å². The van der Waals surface area contributed by atoms with Gasteiger partial charge in [-0.2, -0.15) is 0 Å². The maximum atomic E-state index is 12.6. The smallest absolute Gasteiger partial charge is 0.242 e. The molecule has 0 unspecified atom stereocenters. The van der Waals surface area contributed by atoms with Crippen LogP contribution in [0.25, 0.3) is 0 Å². The van der Waals surface area contributed by atoms with Crippen LogP contribution in [-0.2, 0) is 11.2 Å². The van der Waals surface area contributed by atoms with Gasteiger partial charge in [-0.25, -0.2) is 4.98 Å². The summed E-state index contributed by atoms with van der Waals surface area (Å²) < 4.78 is 0. The molecule has 1 aliphatic carbocycles. The minimum Gasteiger partial charge on any atom is -0.345 e. The Kier molecular flexibility index (Phi) is 4.17. The summed E-state index contributed by atoms with van der Waals surface area (Å²) in [6, 6.07) is 0. The molecule has 2 aliphatic rings. The second-order valence-corrected chi connectivity index (χ2v) is 7.20. The third-order valence-electron chi connectivity index (χ3n) is 4.65. The lowest BCUT2D eigenvalue weighted by Crippen LogP contribution is -2.58. The number of aryl methyl sites for hydroxylation is 1. The van der Waals surface area contributed by atoms with Crippen LogP contribution in [0.3, 0.4) is 0 Å². The number of nitrogens with two attached hydrogens (primary N) is 1. The van der Waals surface area contributed by atoms with E-state index in [9.17, 15) is 4.79 Å². The number of amides is 1. The number of piperazine rings is 1. The number of carbonyl (C=O) groups excluding carboxylic acids is 1. The Hall–Kier alpha value is -1.14. The first kappa shape index (κ1) is 14.8. The van der Waals surface area contributed by atoms with Gasteiger partial charge in [0.25, 0.3) is 0 Å². The summed E-state index contributed by atoms with van der Waals surface area (Å²) in [5, 5.41) is 1.09. The molecule has 1 aliphatic heterocycles. The van der Waals surface area contributed by atoms with E-state index in [1.165, 1.54) is 4.88 Å². The molecule has 1 amide bonds. The average molecular weight is 308 g/mol. The van der Waals surface area contributed by atoms with E-state index in [1.54, 1.807) is 11.3 Å². The van der Waals surface area contributed by atoms with Gasteiger partial charge in [0.15, 0.2) is 5.13 Å². The Labute approximate surface area is 130 Å². The van der Waals surface area contributed by atoms with Gasteiger partial charge in [0.2, 0.25) is 5.91 Å². The number of aromatic nitrogens is 1. The van der Waals surface area contributed by atoms with E-state index in [2.05, 4.69) is 16.8 Å². The minimum absolute atomic E-state index is 0.160. The zero-order valence-corrected chi connectivity index (χ0v) is 13.5. The molecule has 0 atom stereocenters. The normalized spacial score (nSPS) is 21.8. The van der Waals surface area contributed by atoms with E-state index in [1.807, 2.05) is 11.1 Å². The predicted octanol–water partition coefficient (Wildman–Crippen LogP) is 1.63. The Balaban J connectivity index is 1.58. The lowest BCUT2D eigenvalue weighted by Gasteiger charge is -2.38. The van der Waals surface area contributed by atoms with Gasteiger partial charge in [-0.3, -0.25) is 4.79 Å². The van der Waals surface area contributed by atoms with Crippen molar-refractivity contribution in [3.05, 3.63) is 11.1 Å². The van der Waals surface area contributed by atoms with Gasteiger partial charge in [-0.1, -0.05) is 19.8 Å². The molecular formula is C15H24N4OS. The zero-order chi connectivity index (χ0) is 14.9. The fraction of sp³-hybridized carbons (Fsp3) is 0.733. The van der Waals surface area contributed by atoms with Crippen LogP contribution in [0.5, 0.6) is 0 Å². The SMILES string of the molecule is CCc1cnc(N2CCN(C(=O)C3(N)CCCC3)CC2)s1. The van der Waals surface area contributed by atoms with Crippen molar-refractivity contribution in [3.63, 3.8) is 0 Å². The number of nitrogens with zero attached hydrogens (tertiary/aromatic N) is 3. The first-order chi connectivity index (χ1) is 10.1. The van der Waals surface area contributed by atoms with Crippen LogP contribution in [0.2, 0.25) is 0 Å². The van der Waals surface area contributed by atoms with Gasteiger partial charge in [0.1, 0.15) is 0 Å². The molecule has 2 fully saturated rings. The van der Waals surface area contributed by atoms with E-state index < -0.39 is 5.54 Å². The summed E-state index contributed by atoms with van der Waals surface area (Å²) in [4.78, 5) is 22.6. The number of hydrogen-bond acceptors (Lipinski definition) is 5. The van der Waals surface area contributed by atoms with Crippen molar-refractivity contribution in [3.8, 4) is 0 Å². The molecule has 1 aromatic rings. The van der Waals surface area contributed by atoms with Crippen LogP contribution < -0.4 is 10.6 Å². The van der Waals surface area contributed by atoms with Crippen LogP contribution in [0.15, 0.2) is 6.20 Å². The predicted molar refractivity (Wildman–Crippen MR) is 85.7 cm³/mol. The number of thiazole rings is 1. The number of hydrogen-bond donors (Lipinski definition) is 1. The van der Waals surface area contributed by atoms with Crippen LogP contribution in [0.1, 0.15) is 37.5 Å². The van der Waals surface area contributed by atoms with Gasteiger partial charge in [0.05, 0.1) is 5.54 Å². The van der Waals surface area contributed by atoms with Gasteiger partial charge in [0, 0.05) is 37.3 Å². The molecule has 2 heterocycles. The Morgan fingerprint density at radius 2 is 2.00 bits per heavy atom. The molecule has 21 heavy (non-hydrogen) atoms. The molecule has 2 N–H and O–H groups in total. The lowest BCUT2D eigenvalue weighted by atomic mass is 9.97. The van der Waals surface area contributed by atoms with E-state index in [-0.39, 0.29) is 5.91 Å². The fourth-order valence-corrected chi connectivity index (χ4v) is 4.14. The lowest BCUT2D eigenvalue weighted by molar-refractivity contribution is -0.137. The van der Waals surface area contributed by atoms with Crippen molar-refractivity contribution in [2.24, 2.45) is 5.73 Å². The van der Waals surface area contributed by atoms with Crippen molar-refractivity contribution in [2.75, 3.05) is 31.1 Å². The van der Waals surface area contributed by atoms with Crippen molar-refractivity contribution in [1.29, 1.82) is 0 Å². The van der Waals surface area contributed by atoms with Crippen LogP contribution in [0.4, 0.5) is 5.13 Å². The average Bonchev–Trinajstić information content (AvgIpc) is 3.16. The molecule has 6 heteroatoms. The summed E-state index contributed by atoms with van der Waals surface area (Å²) in [6.07, 6.45) is 6.86. The summed E-state index contributed by atoms with van der Waals surface area (Å²) in [5.41, 5.74) is 5.70. The van der Waals surface area contributed by atoms with Crippen LogP contribution in [0, 0.1) is 0 Å². The number of rotatable bonds is 3. The third-order valence-corrected chi connectivity index (χ3v) is 5.85. The quantitative estimate of drug-likeness (QED) is 0.922. The zero-order valence-electron chi connectivity index (χ0n) is 12.7. The summed E-state index contributed by atoms with van der Waals surface area (Å²) in [6.45, 7) is 5.39. The molecule has 5 nitrogen and oxygen atoms in total. The van der Waals surface area contributed by atoms with Gasteiger partial charge in [-0.15, -0.1) is 11.3 Å². The first-order valence-electron chi connectivity index (χ1n) is 7.90. The molecule has 3 rings (SSSR count). The number of anilines is 1. The third kappa shape index (κ3) is 2.92. The molecular weight excluding hydrogens is 284 g/mol. The summed E-state index contributed by atoms with van der Waals surface area (Å²) in [5.74, 6) is 0.160. The second kappa shape index (κ2) is 5.93. The largest absolute Gasteiger partial charge is 0.345 e. The van der Waals surface area contributed by atoms with Crippen LogP contribution >= 0.6 is 11.3 Å². The van der Waals surface area contributed by atoms with E-state index in [0.29, 0.717) is 0 Å². The molecule has 0 radical (unpaired) electrons. The maximum absolute atomic E-state index is 12.6. The molecule has 0 spiro atoms. The molecule has 0 bridgehead atoms. The molecule has 1 saturated carbocycles. The van der Waals surface area contributed by atoms with E-state index in [0.717, 1.165) is 63.4 Å². The minimum atomic E-state index is -0.585. The van der Waals surface area contributed by atoms with Crippen LogP contribution in [-0.4, -0.2) is 47.5 Å². The van der Waals surface area contributed by atoms with Gasteiger partial charge < -0.3 is 15.5 Å². The standard InChI is InChI=1S/C15H24N4OS/c1-2-12-11-17-14(21-12)19-9-7-18(8-10-19)13(20)15(16)5-3-4-6-15/h11H,2-10,16H2,1H3. The molecule has 0 aromatic carbocycles. The first-order valence-corrected chi connectivity index (χ1v) is 8.72. The Morgan fingerprint density at radius 1 is 1.33 bits per heavy atom. The van der Waals surface area contributed by atoms with Gasteiger partial charge in [-0.05, 0) is 19.3 Å². The van der Waals surface area contributed by atoms with Crippen molar-refractivity contribution < 1.29 is 4.79 Å². The van der Waals surface area contributed by atoms with Crippen molar-refractivity contribution >= 4 is 22.4 Å². The van der Waals surface area contributed by atoms with Gasteiger partial charge >= 0.3 is 0 Å². The summed E-state index contributed by atoms with van der Waals surface area (Å²) >= 11 is 1.76. The Morgan fingerprint density at radius 3 is 2.57 bits per heavy atom. The van der Waals surface area contributed by atoms with Crippen molar-refractivity contribution in [2.45, 2.75) is 44.6 Å². The fourth-order valence-electron chi connectivity index (χ4n) is 3.24. The maximum Gasteiger partial charge on any atom is 0.242 e. The monoisotopic (exact) mass is 308 g/mol. The molecule has 1 saturated heterocycles. The highest BCUT2D eigenvalue weighted by atomic mass is 32.1. The van der Waals surface area contributed by atoms with E-state index in [4.69, 9.17) is 5.73 Å². The Bertz CT molecular complexity index is 502. The number of carbonyl (C=O) groups is 1. The topological polar surface area (TPSA) is 62.5 Å².